The van der Waals surface area contributed by atoms with Crippen LogP contribution < -0.4 is 31.6 Å². The molecule has 1 saturated heterocycles. The Bertz CT molecular complexity index is 2280. The highest BCUT2D eigenvalue weighted by Crippen LogP contribution is 2.50. The van der Waals surface area contributed by atoms with Crippen molar-refractivity contribution in [2.75, 3.05) is 52.0 Å². The summed E-state index contributed by atoms with van der Waals surface area (Å²) in [6.07, 6.45) is -0.694. The lowest BCUT2D eigenvalue weighted by atomic mass is 9.84. The molecule has 6 N–H and O–H groups in total. The number of alkyl carbamates (subject to hydrolysis) is 1. The second-order valence-corrected chi connectivity index (χ2v) is 17.1. The van der Waals surface area contributed by atoms with E-state index in [0.29, 0.717) is 37.8 Å². The number of thioether (sulfide) groups is 2. The van der Waals surface area contributed by atoms with Crippen LogP contribution in [0.3, 0.4) is 0 Å². The summed E-state index contributed by atoms with van der Waals surface area (Å²) in [5.41, 5.74) is 18.2. The standard InChI is InChI=1S/C27H33N3O3S.C24H21NO4S/c1-32-24-14-12-23(13-15-24)27(21-8-4-2-5-9-21,22-10-6-3-7-11-22)34-20-25(29)26(31)30-17-19-33-18-16-28;1-28-20-14-12-19(13-15-20)24(17-8-4-2-5-9-17,18-10-6-3-7-11-18)30-16-21-22(26)29-23(27)25-21/h2-15,25H,16-20,28-29H2,1H3,(H,30,31);2-15,21H,16H2,1H3,(H,25,27)/t25-;21-/m00/s1. The van der Waals surface area contributed by atoms with E-state index in [-0.39, 0.29) is 5.91 Å². The zero-order valence-electron chi connectivity index (χ0n) is 35.9. The molecule has 1 heterocycles. The van der Waals surface area contributed by atoms with Crippen LogP contribution in [0.2, 0.25) is 0 Å². The number of nitrogens with two attached hydrogens (primary N) is 2. The SMILES string of the molecule is COc1ccc(C(SC[C@@H]2NC(=O)OC2=O)(c2ccccc2)c2ccccc2)cc1.COc1ccc(C(SC[C@H](N)C(=O)NCCOCCN)(c2ccccc2)c2ccccc2)cc1. The Morgan fingerprint density at radius 3 is 1.42 bits per heavy atom. The number of ether oxygens (including phenoxy) is 4. The fourth-order valence-corrected chi connectivity index (χ4v) is 10.4. The molecule has 0 bridgehead atoms. The summed E-state index contributed by atoms with van der Waals surface area (Å²) in [7, 11) is 3.30. The van der Waals surface area contributed by atoms with Crippen LogP contribution in [0.4, 0.5) is 4.79 Å². The average molecular weight is 899 g/mol. The molecule has 1 aliphatic heterocycles. The molecule has 0 saturated carbocycles. The monoisotopic (exact) mass is 898 g/mol. The molecule has 11 nitrogen and oxygen atoms in total. The van der Waals surface area contributed by atoms with E-state index in [9.17, 15) is 14.4 Å². The van der Waals surface area contributed by atoms with E-state index in [1.165, 1.54) is 0 Å². The third-order valence-electron chi connectivity index (χ3n) is 10.6. The minimum Gasteiger partial charge on any atom is -0.497 e. The number of rotatable bonds is 20. The first-order chi connectivity index (χ1) is 31.2. The van der Waals surface area contributed by atoms with E-state index in [1.807, 2.05) is 109 Å². The summed E-state index contributed by atoms with van der Waals surface area (Å²) >= 11 is 3.24. The number of hydrogen-bond acceptors (Lipinski definition) is 11. The van der Waals surface area contributed by atoms with Gasteiger partial charge in [-0.2, -0.15) is 0 Å². The van der Waals surface area contributed by atoms with Gasteiger partial charge in [-0.1, -0.05) is 146 Å². The Labute approximate surface area is 383 Å². The number of benzene rings is 6. The van der Waals surface area contributed by atoms with E-state index in [4.69, 9.17) is 25.7 Å². The smallest absolute Gasteiger partial charge is 0.415 e. The first-order valence-corrected chi connectivity index (χ1v) is 22.8. The molecule has 0 aliphatic carbocycles. The number of carbonyl (C=O) groups excluding carboxylic acids is 3. The Hall–Kier alpha value is -6.09. The van der Waals surface area contributed by atoms with Crippen molar-refractivity contribution in [3.8, 4) is 11.5 Å². The van der Waals surface area contributed by atoms with Gasteiger partial charge in [0.05, 0.1) is 43.0 Å². The van der Waals surface area contributed by atoms with Gasteiger partial charge in [-0.15, -0.1) is 23.5 Å². The van der Waals surface area contributed by atoms with Crippen molar-refractivity contribution in [1.29, 1.82) is 0 Å². The molecule has 0 aromatic heterocycles. The molecular weight excluding hydrogens is 845 g/mol. The molecule has 1 fully saturated rings. The lowest BCUT2D eigenvalue weighted by Gasteiger charge is -2.36. The van der Waals surface area contributed by atoms with Gasteiger partial charge in [0.1, 0.15) is 17.5 Å². The third-order valence-corrected chi connectivity index (χ3v) is 13.9. The molecule has 6 aromatic carbocycles. The number of hydrogen-bond donors (Lipinski definition) is 4. The van der Waals surface area contributed by atoms with Crippen LogP contribution in [0.1, 0.15) is 33.4 Å². The molecule has 0 radical (unpaired) electrons. The average Bonchev–Trinajstić information content (AvgIpc) is 3.69. The molecule has 13 heteroatoms. The van der Waals surface area contributed by atoms with Crippen molar-refractivity contribution in [3.63, 3.8) is 0 Å². The second kappa shape index (κ2) is 23.6. The Morgan fingerprint density at radius 1 is 0.641 bits per heavy atom. The fraction of sp³-hybridized carbons (Fsp3) is 0.235. The highest BCUT2D eigenvalue weighted by Gasteiger charge is 2.41. The van der Waals surface area contributed by atoms with E-state index < -0.39 is 33.6 Å². The van der Waals surface area contributed by atoms with Gasteiger partial charge < -0.3 is 41.0 Å². The third kappa shape index (κ3) is 11.5. The number of nitrogens with one attached hydrogen (secondary N) is 2. The second-order valence-electron chi connectivity index (χ2n) is 14.6. The van der Waals surface area contributed by atoms with Gasteiger partial charge in [-0.25, -0.2) is 9.59 Å². The first-order valence-electron chi connectivity index (χ1n) is 20.9. The zero-order valence-corrected chi connectivity index (χ0v) is 37.5. The highest BCUT2D eigenvalue weighted by molar-refractivity contribution is 8.01. The van der Waals surface area contributed by atoms with Crippen LogP contribution in [0.5, 0.6) is 11.5 Å². The predicted octanol–water partition coefficient (Wildman–Crippen LogP) is 7.49. The molecule has 7 rings (SSSR count). The summed E-state index contributed by atoms with van der Waals surface area (Å²) in [6, 6.07) is 55.5. The van der Waals surface area contributed by atoms with Gasteiger partial charge in [-0.05, 0) is 57.6 Å². The minimum atomic E-state index is -0.694. The molecule has 2 amide bonds. The Balaban J connectivity index is 0.000000214. The topological polar surface area (TPSA) is 164 Å². The molecule has 64 heavy (non-hydrogen) atoms. The Kier molecular flexibility index (Phi) is 17.4. The van der Waals surface area contributed by atoms with Gasteiger partial charge >= 0.3 is 12.1 Å². The summed E-state index contributed by atoms with van der Waals surface area (Å²) in [6.45, 7) is 1.73. The largest absolute Gasteiger partial charge is 0.497 e. The normalized spacial score (nSPS) is 14.0. The van der Waals surface area contributed by atoms with Gasteiger partial charge in [0.15, 0.2) is 0 Å². The maximum atomic E-state index is 12.6. The number of carbonyl (C=O) groups is 3. The predicted molar refractivity (Wildman–Crippen MR) is 256 cm³/mol. The van der Waals surface area contributed by atoms with E-state index >= 15 is 0 Å². The van der Waals surface area contributed by atoms with Crippen LogP contribution in [-0.2, 0) is 28.6 Å². The summed E-state index contributed by atoms with van der Waals surface area (Å²) in [4.78, 5) is 36.2. The number of cyclic esters (lactones) is 2. The lowest BCUT2D eigenvalue weighted by molar-refractivity contribution is -0.134. The molecule has 0 unspecified atom stereocenters. The van der Waals surface area contributed by atoms with Crippen molar-refractivity contribution in [1.82, 2.24) is 10.6 Å². The van der Waals surface area contributed by atoms with Crippen molar-refractivity contribution in [3.05, 3.63) is 203 Å². The molecule has 0 spiro atoms. The van der Waals surface area contributed by atoms with Crippen LogP contribution in [0, 0.1) is 0 Å². The van der Waals surface area contributed by atoms with Crippen molar-refractivity contribution in [2.24, 2.45) is 11.5 Å². The number of amides is 2. The van der Waals surface area contributed by atoms with Gasteiger partial charge in [0.2, 0.25) is 5.91 Å². The molecule has 6 aromatic rings. The van der Waals surface area contributed by atoms with Crippen LogP contribution in [0.15, 0.2) is 170 Å². The van der Waals surface area contributed by atoms with E-state index in [2.05, 4.69) is 76.0 Å². The fourth-order valence-electron chi connectivity index (χ4n) is 7.41. The molecule has 332 valence electrons. The van der Waals surface area contributed by atoms with E-state index in [0.717, 1.165) is 44.9 Å². The van der Waals surface area contributed by atoms with Crippen LogP contribution in [0.25, 0.3) is 0 Å². The maximum Gasteiger partial charge on any atom is 0.415 e. The summed E-state index contributed by atoms with van der Waals surface area (Å²) < 4.78 is 19.6. The van der Waals surface area contributed by atoms with Gasteiger partial charge in [0, 0.05) is 24.6 Å². The Morgan fingerprint density at radius 2 is 1.05 bits per heavy atom. The zero-order chi connectivity index (χ0) is 45.2. The summed E-state index contributed by atoms with van der Waals surface area (Å²) in [5.74, 6) is 1.60. The molecule has 1 aliphatic rings. The highest BCUT2D eigenvalue weighted by atomic mass is 32.2. The number of methoxy groups -OCH3 is 2. The lowest BCUT2D eigenvalue weighted by Crippen LogP contribution is -2.44. The van der Waals surface area contributed by atoms with Gasteiger partial charge in [-0.3, -0.25) is 4.79 Å². The van der Waals surface area contributed by atoms with E-state index in [1.54, 1.807) is 37.7 Å². The van der Waals surface area contributed by atoms with Crippen molar-refractivity contribution >= 4 is 41.5 Å². The van der Waals surface area contributed by atoms with Crippen molar-refractivity contribution < 1.29 is 33.3 Å². The van der Waals surface area contributed by atoms with Gasteiger partial charge in [0.25, 0.3) is 0 Å². The van der Waals surface area contributed by atoms with Crippen LogP contribution in [-0.4, -0.2) is 82.1 Å². The molecular formula is C51H54N4O7S2. The maximum absolute atomic E-state index is 12.6. The number of esters is 1. The van der Waals surface area contributed by atoms with Crippen LogP contribution >= 0.6 is 23.5 Å². The minimum absolute atomic E-state index is 0.200. The van der Waals surface area contributed by atoms with Crippen molar-refractivity contribution in [2.45, 2.75) is 21.6 Å². The first kappa shape index (κ1) is 47.4. The molecule has 2 atom stereocenters. The summed E-state index contributed by atoms with van der Waals surface area (Å²) in [5, 5.41) is 5.45. The quantitative estimate of drug-likeness (QED) is 0.0260.